The lowest BCUT2D eigenvalue weighted by Crippen LogP contribution is -2.54. The van der Waals surface area contributed by atoms with E-state index in [4.69, 9.17) is 10.5 Å². The lowest BCUT2D eigenvalue weighted by Gasteiger charge is -2.38. The second-order valence-electron chi connectivity index (χ2n) is 4.84. The summed E-state index contributed by atoms with van der Waals surface area (Å²) in [6.45, 7) is 1.10. The number of ether oxygens (including phenoxy) is 1. The number of allylic oxidation sites excluding steroid dienone is 2. The first kappa shape index (κ1) is 13.8. The Labute approximate surface area is 112 Å². The number of methoxy groups -OCH3 is 1. The first-order valence-corrected chi connectivity index (χ1v) is 6.31. The Bertz CT molecular complexity index is 419. The Morgan fingerprint density at radius 2 is 2.26 bits per heavy atom. The smallest absolute Gasteiger partial charge is 0.245 e. The highest BCUT2D eigenvalue weighted by atomic mass is 16.5. The molecule has 0 saturated carbocycles. The molecule has 2 heterocycles. The third kappa shape index (κ3) is 3.21. The highest BCUT2D eigenvalue weighted by Gasteiger charge is 2.35. The number of primary amides is 1. The van der Waals surface area contributed by atoms with Crippen LogP contribution in [0.15, 0.2) is 24.4 Å². The van der Waals surface area contributed by atoms with E-state index in [-0.39, 0.29) is 23.8 Å². The summed E-state index contributed by atoms with van der Waals surface area (Å²) in [5.41, 5.74) is 5.39. The molecule has 2 aliphatic heterocycles. The lowest BCUT2D eigenvalue weighted by molar-refractivity contribution is -0.131. The molecule has 0 aromatic heterocycles. The maximum absolute atomic E-state index is 12.0. The van der Waals surface area contributed by atoms with Gasteiger partial charge in [-0.2, -0.15) is 0 Å². The Kier molecular flexibility index (Phi) is 4.34. The van der Waals surface area contributed by atoms with Crippen molar-refractivity contribution in [2.24, 2.45) is 11.7 Å². The summed E-state index contributed by atoms with van der Waals surface area (Å²) < 4.78 is 5.34. The number of hydrogen-bond acceptors (Lipinski definition) is 4. The average Bonchev–Trinajstić information content (AvgIpc) is 2.62. The molecule has 0 aromatic rings. The van der Waals surface area contributed by atoms with Crippen LogP contribution in [-0.4, -0.2) is 49.1 Å². The Balaban J connectivity index is 2.13. The molecule has 1 unspecified atom stereocenters. The number of hydrogen-bond donors (Lipinski definition) is 2. The molecular formula is C13H19N3O3. The molecule has 2 rings (SSSR count). The average molecular weight is 265 g/mol. The summed E-state index contributed by atoms with van der Waals surface area (Å²) in [6.07, 6.45) is 7.53. The Morgan fingerprint density at radius 1 is 1.47 bits per heavy atom. The van der Waals surface area contributed by atoms with Crippen molar-refractivity contribution in [2.45, 2.75) is 18.6 Å². The first-order chi connectivity index (χ1) is 9.11. The molecule has 3 N–H and O–H groups in total. The third-order valence-electron chi connectivity index (χ3n) is 3.56. The SMILES string of the molecule is CO[C@@H]1C[C@@H](C(N)=O)CN(C2C=CC=CNC2=O)C1. The molecule has 0 aliphatic carbocycles. The van der Waals surface area contributed by atoms with Crippen molar-refractivity contribution < 1.29 is 14.3 Å². The van der Waals surface area contributed by atoms with E-state index < -0.39 is 6.04 Å². The fraction of sp³-hybridized carbons (Fsp3) is 0.538. The van der Waals surface area contributed by atoms with Gasteiger partial charge in [0.25, 0.3) is 0 Å². The van der Waals surface area contributed by atoms with Gasteiger partial charge in [0.1, 0.15) is 6.04 Å². The normalized spacial score (nSPS) is 31.8. The maximum Gasteiger partial charge on any atom is 0.245 e. The molecule has 6 heteroatoms. The van der Waals surface area contributed by atoms with Gasteiger partial charge in [-0.25, -0.2) is 0 Å². The minimum absolute atomic E-state index is 0.0799. The zero-order chi connectivity index (χ0) is 13.8. The standard InChI is InChI=1S/C13H19N3O3/c1-19-10-6-9(12(14)17)7-16(8-10)11-4-2-3-5-15-13(11)18/h2-5,9-11H,6-8H2,1H3,(H2,14,17)(H,15,18)/t9-,10-,11?/m1/s1. The van der Waals surface area contributed by atoms with Gasteiger partial charge >= 0.3 is 0 Å². The summed E-state index contributed by atoms with van der Waals surface area (Å²) in [6, 6.07) is -0.394. The number of rotatable bonds is 3. The van der Waals surface area contributed by atoms with Crippen LogP contribution in [-0.2, 0) is 14.3 Å². The van der Waals surface area contributed by atoms with Crippen molar-refractivity contribution >= 4 is 11.8 Å². The van der Waals surface area contributed by atoms with Crippen LogP contribution >= 0.6 is 0 Å². The summed E-state index contributed by atoms with van der Waals surface area (Å²) in [7, 11) is 1.61. The predicted octanol–water partition coefficient (Wildman–Crippen LogP) is -0.623. The molecule has 0 aromatic carbocycles. The van der Waals surface area contributed by atoms with Gasteiger partial charge in [0.05, 0.1) is 12.0 Å². The van der Waals surface area contributed by atoms with Crippen LogP contribution < -0.4 is 11.1 Å². The largest absolute Gasteiger partial charge is 0.380 e. The maximum atomic E-state index is 12.0. The second kappa shape index (κ2) is 5.99. The van der Waals surface area contributed by atoms with Crippen LogP contribution in [0.3, 0.4) is 0 Å². The molecule has 1 fully saturated rings. The molecule has 0 bridgehead atoms. The fourth-order valence-corrected chi connectivity index (χ4v) is 2.51. The molecule has 1 saturated heterocycles. The van der Waals surface area contributed by atoms with Crippen molar-refractivity contribution in [3.63, 3.8) is 0 Å². The number of piperidine rings is 1. The van der Waals surface area contributed by atoms with E-state index in [1.54, 1.807) is 19.4 Å². The highest BCUT2D eigenvalue weighted by Crippen LogP contribution is 2.21. The van der Waals surface area contributed by atoms with E-state index in [1.165, 1.54) is 0 Å². The molecule has 104 valence electrons. The number of nitrogens with zero attached hydrogens (tertiary/aromatic N) is 1. The zero-order valence-electron chi connectivity index (χ0n) is 10.9. The van der Waals surface area contributed by atoms with Crippen molar-refractivity contribution in [3.8, 4) is 0 Å². The predicted molar refractivity (Wildman–Crippen MR) is 69.9 cm³/mol. The zero-order valence-corrected chi connectivity index (χ0v) is 10.9. The van der Waals surface area contributed by atoms with Crippen molar-refractivity contribution in [1.29, 1.82) is 0 Å². The van der Waals surface area contributed by atoms with Crippen molar-refractivity contribution in [1.82, 2.24) is 10.2 Å². The number of carbonyl (C=O) groups excluding carboxylic acids is 2. The van der Waals surface area contributed by atoms with Crippen LogP contribution in [0.4, 0.5) is 0 Å². The van der Waals surface area contributed by atoms with Gasteiger partial charge in [0.15, 0.2) is 0 Å². The lowest BCUT2D eigenvalue weighted by atomic mass is 9.93. The topological polar surface area (TPSA) is 84.7 Å². The molecule has 19 heavy (non-hydrogen) atoms. The number of nitrogens with two attached hydrogens (primary N) is 1. The summed E-state index contributed by atoms with van der Waals surface area (Å²) in [5.74, 6) is -0.732. The number of carbonyl (C=O) groups is 2. The summed E-state index contributed by atoms with van der Waals surface area (Å²) >= 11 is 0. The minimum atomic E-state index is -0.394. The van der Waals surface area contributed by atoms with Crippen LogP contribution in [0, 0.1) is 5.92 Å². The first-order valence-electron chi connectivity index (χ1n) is 6.31. The quantitative estimate of drug-likeness (QED) is 0.712. The number of nitrogens with one attached hydrogen (secondary N) is 1. The number of amides is 2. The summed E-state index contributed by atoms with van der Waals surface area (Å²) in [5, 5.41) is 2.69. The van der Waals surface area contributed by atoms with Crippen molar-refractivity contribution in [3.05, 3.63) is 24.4 Å². The minimum Gasteiger partial charge on any atom is -0.380 e. The van der Waals surface area contributed by atoms with Gasteiger partial charge in [-0.05, 0) is 12.5 Å². The molecule has 6 nitrogen and oxygen atoms in total. The number of likely N-dealkylation sites (tertiary alicyclic amines) is 1. The molecule has 3 atom stereocenters. The van der Waals surface area contributed by atoms with Gasteiger partial charge in [0, 0.05) is 26.4 Å². The van der Waals surface area contributed by atoms with Gasteiger partial charge in [0.2, 0.25) is 11.8 Å². The fourth-order valence-electron chi connectivity index (χ4n) is 2.51. The van der Waals surface area contributed by atoms with Crippen LogP contribution in [0.1, 0.15) is 6.42 Å². The third-order valence-corrected chi connectivity index (χ3v) is 3.56. The van der Waals surface area contributed by atoms with Gasteiger partial charge in [-0.15, -0.1) is 0 Å². The molecular weight excluding hydrogens is 246 g/mol. The molecule has 2 amide bonds. The van der Waals surface area contributed by atoms with Gasteiger partial charge < -0.3 is 15.8 Å². The summed E-state index contributed by atoms with van der Waals surface area (Å²) in [4.78, 5) is 25.3. The van der Waals surface area contributed by atoms with Gasteiger partial charge in [-0.3, -0.25) is 14.5 Å². The molecule has 2 aliphatic rings. The van der Waals surface area contributed by atoms with Crippen LogP contribution in [0.5, 0.6) is 0 Å². The van der Waals surface area contributed by atoms with E-state index >= 15 is 0 Å². The van der Waals surface area contributed by atoms with E-state index in [2.05, 4.69) is 5.32 Å². The van der Waals surface area contributed by atoms with Crippen LogP contribution in [0.25, 0.3) is 0 Å². The Hall–Kier alpha value is -1.66. The second-order valence-corrected chi connectivity index (χ2v) is 4.84. The van der Waals surface area contributed by atoms with Crippen LogP contribution in [0.2, 0.25) is 0 Å². The van der Waals surface area contributed by atoms with Gasteiger partial charge in [-0.1, -0.05) is 12.2 Å². The van der Waals surface area contributed by atoms with E-state index in [1.807, 2.05) is 17.1 Å². The van der Waals surface area contributed by atoms with E-state index in [9.17, 15) is 9.59 Å². The molecule has 0 radical (unpaired) electrons. The monoisotopic (exact) mass is 265 g/mol. The van der Waals surface area contributed by atoms with Crippen molar-refractivity contribution in [2.75, 3.05) is 20.2 Å². The highest BCUT2D eigenvalue weighted by molar-refractivity contribution is 5.85. The van der Waals surface area contributed by atoms with E-state index in [0.29, 0.717) is 19.5 Å². The molecule has 0 spiro atoms. The Morgan fingerprint density at radius 3 is 2.95 bits per heavy atom. The van der Waals surface area contributed by atoms with E-state index in [0.717, 1.165) is 0 Å².